The molecule has 2 heterocycles. The minimum atomic E-state index is 0. The first-order valence-corrected chi connectivity index (χ1v) is 9.60. The number of benzene rings is 1. The SMILES string of the molecule is CCNCC1CCN(C(=O)CCc2nc(-c3ccc(Cl)cc3)no2)CC1.Cl. The lowest BCUT2D eigenvalue weighted by Crippen LogP contribution is -2.40. The highest BCUT2D eigenvalue weighted by Gasteiger charge is 2.22. The molecule has 1 aliphatic rings. The van der Waals surface area contributed by atoms with Crippen molar-refractivity contribution in [1.29, 1.82) is 0 Å². The van der Waals surface area contributed by atoms with Crippen LogP contribution in [0, 0.1) is 5.92 Å². The van der Waals surface area contributed by atoms with E-state index in [1.807, 2.05) is 17.0 Å². The van der Waals surface area contributed by atoms with Gasteiger partial charge in [0.2, 0.25) is 17.6 Å². The van der Waals surface area contributed by atoms with Gasteiger partial charge in [0.25, 0.3) is 0 Å². The lowest BCUT2D eigenvalue weighted by atomic mass is 9.96. The molecule has 1 saturated heterocycles. The third-order valence-electron chi connectivity index (χ3n) is 4.77. The lowest BCUT2D eigenvalue weighted by Gasteiger charge is -2.32. The van der Waals surface area contributed by atoms with E-state index in [4.69, 9.17) is 16.1 Å². The van der Waals surface area contributed by atoms with E-state index in [-0.39, 0.29) is 18.3 Å². The van der Waals surface area contributed by atoms with Crippen molar-refractivity contribution in [1.82, 2.24) is 20.4 Å². The van der Waals surface area contributed by atoms with E-state index in [1.54, 1.807) is 12.1 Å². The molecule has 0 saturated carbocycles. The highest BCUT2D eigenvalue weighted by Crippen LogP contribution is 2.20. The summed E-state index contributed by atoms with van der Waals surface area (Å²) in [5.41, 5.74) is 0.846. The maximum atomic E-state index is 12.4. The zero-order valence-corrected chi connectivity index (χ0v) is 17.1. The molecule has 0 atom stereocenters. The Morgan fingerprint density at radius 2 is 2.00 bits per heavy atom. The van der Waals surface area contributed by atoms with Gasteiger partial charge in [-0.05, 0) is 56.1 Å². The van der Waals surface area contributed by atoms with Crippen molar-refractivity contribution in [2.45, 2.75) is 32.6 Å². The Hall–Kier alpha value is -1.63. The number of hydrogen-bond donors (Lipinski definition) is 1. The van der Waals surface area contributed by atoms with Gasteiger partial charge in [0.05, 0.1) is 0 Å². The Kier molecular flexibility index (Phi) is 8.54. The van der Waals surface area contributed by atoms with Gasteiger partial charge in [-0.1, -0.05) is 23.7 Å². The van der Waals surface area contributed by atoms with Gasteiger partial charge < -0.3 is 14.7 Å². The van der Waals surface area contributed by atoms with Crippen LogP contribution in [0.4, 0.5) is 0 Å². The Morgan fingerprint density at radius 3 is 2.67 bits per heavy atom. The predicted molar refractivity (Wildman–Crippen MR) is 108 cm³/mol. The molecule has 0 unspecified atom stereocenters. The Bertz CT molecular complexity index is 713. The number of aromatic nitrogens is 2. The van der Waals surface area contributed by atoms with Gasteiger partial charge in [-0.15, -0.1) is 12.4 Å². The topological polar surface area (TPSA) is 71.3 Å². The first-order valence-electron chi connectivity index (χ1n) is 9.22. The summed E-state index contributed by atoms with van der Waals surface area (Å²) < 4.78 is 5.28. The maximum absolute atomic E-state index is 12.4. The lowest BCUT2D eigenvalue weighted by molar-refractivity contribution is -0.132. The van der Waals surface area contributed by atoms with Crippen LogP contribution in [0.1, 0.15) is 32.1 Å². The molecule has 3 rings (SSSR count). The third kappa shape index (κ3) is 6.19. The molecule has 148 valence electrons. The number of carbonyl (C=O) groups excluding carboxylic acids is 1. The minimum absolute atomic E-state index is 0. The van der Waals surface area contributed by atoms with Crippen molar-refractivity contribution in [3.05, 3.63) is 35.2 Å². The zero-order valence-electron chi connectivity index (χ0n) is 15.5. The molecule has 0 bridgehead atoms. The molecule has 27 heavy (non-hydrogen) atoms. The molecule has 1 aliphatic heterocycles. The van der Waals surface area contributed by atoms with Crippen LogP contribution in [0.25, 0.3) is 11.4 Å². The number of rotatable bonds is 7. The first-order chi connectivity index (χ1) is 12.7. The number of amides is 1. The van der Waals surface area contributed by atoms with Crippen LogP contribution in [-0.4, -0.2) is 47.1 Å². The number of hydrogen-bond acceptors (Lipinski definition) is 5. The highest BCUT2D eigenvalue weighted by molar-refractivity contribution is 6.30. The monoisotopic (exact) mass is 412 g/mol. The fourth-order valence-electron chi connectivity index (χ4n) is 3.18. The van der Waals surface area contributed by atoms with Gasteiger partial charge in [0.15, 0.2) is 0 Å². The van der Waals surface area contributed by atoms with Crippen LogP contribution in [0.5, 0.6) is 0 Å². The molecule has 1 amide bonds. The number of nitrogens with zero attached hydrogens (tertiary/aromatic N) is 3. The van der Waals surface area contributed by atoms with Crippen molar-refractivity contribution in [3.8, 4) is 11.4 Å². The minimum Gasteiger partial charge on any atom is -0.343 e. The summed E-state index contributed by atoms with van der Waals surface area (Å²) in [4.78, 5) is 18.7. The summed E-state index contributed by atoms with van der Waals surface area (Å²) in [6.07, 6.45) is 3.01. The van der Waals surface area contributed by atoms with Crippen molar-refractivity contribution < 1.29 is 9.32 Å². The summed E-state index contributed by atoms with van der Waals surface area (Å²) in [5, 5.41) is 8.04. The molecular formula is C19H26Cl2N4O2. The quantitative estimate of drug-likeness (QED) is 0.751. The normalized spacial score (nSPS) is 14.8. The Labute approximate surface area is 171 Å². The second-order valence-electron chi connectivity index (χ2n) is 6.65. The van der Waals surface area contributed by atoms with E-state index in [2.05, 4.69) is 22.4 Å². The molecule has 0 radical (unpaired) electrons. The predicted octanol–water partition coefficient (Wildman–Crippen LogP) is 3.59. The van der Waals surface area contributed by atoms with E-state index >= 15 is 0 Å². The van der Waals surface area contributed by atoms with Crippen LogP contribution in [0.2, 0.25) is 5.02 Å². The zero-order chi connectivity index (χ0) is 18.4. The summed E-state index contributed by atoms with van der Waals surface area (Å²) in [6, 6.07) is 7.27. The van der Waals surface area contributed by atoms with Gasteiger partial charge >= 0.3 is 0 Å². The van der Waals surface area contributed by atoms with Crippen LogP contribution < -0.4 is 5.32 Å². The van der Waals surface area contributed by atoms with Crippen molar-refractivity contribution >= 4 is 29.9 Å². The van der Waals surface area contributed by atoms with Crippen molar-refractivity contribution in [2.24, 2.45) is 5.92 Å². The first kappa shape index (κ1) is 21.7. The van der Waals surface area contributed by atoms with Gasteiger partial charge in [0, 0.05) is 36.5 Å². The molecule has 0 aliphatic carbocycles. The number of aryl methyl sites for hydroxylation is 1. The standard InChI is InChI=1S/C19H25ClN4O2.ClH/c1-2-21-13-14-9-11-24(12-10-14)18(25)8-7-17-22-19(23-26-17)15-3-5-16(20)6-4-15;/h3-6,14,21H,2,7-13H2,1H3;1H. The van der Waals surface area contributed by atoms with Crippen molar-refractivity contribution in [3.63, 3.8) is 0 Å². The van der Waals surface area contributed by atoms with Crippen LogP contribution in [0.3, 0.4) is 0 Å². The number of nitrogens with one attached hydrogen (secondary N) is 1. The Morgan fingerprint density at radius 1 is 1.30 bits per heavy atom. The molecule has 2 aromatic rings. The smallest absolute Gasteiger partial charge is 0.227 e. The summed E-state index contributed by atoms with van der Waals surface area (Å²) in [7, 11) is 0. The summed E-state index contributed by atoms with van der Waals surface area (Å²) >= 11 is 5.89. The van der Waals surface area contributed by atoms with Gasteiger partial charge in [-0.3, -0.25) is 4.79 Å². The number of likely N-dealkylation sites (tertiary alicyclic amines) is 1. The Balaban J connectivity index is 0.00000261. The maximum Gasteiger partial charge on any atom is 0.227 e. The highest BCUT2D eigenvalue weighted by atomic mass is 35.5. The van der Waals surface area contributed by atoms with Crippen LogP contribution in [0.15, 0.2) is 28.8 Å². The molecule has 0 spiro atoms. The number of carbonyl (C=O) groups is 1. The molecule has 6 nitrogen and oxygen atoms in total. The average Bonchev–Trinajstić information content (AvgIpc) is 3.14. The van der Waals surface area contributed by atoms with Gasteiger partial charge in [0.1, 0.15) is 0 Å². The van der Waals surface area contributed by atoms with Crippen LogP contribution >= 0.6 is 24.0 Å². The summed E-state index contributed by atoms with van der Waals surface area (Å²) in [6.45, 7) is 5.85. The molecule has 1 aromatic heterocycles. The van der Waals surface area contributed by atoms with E-state index in [1.165, 1.54) is 0 Å². The van der Waals surface area contributed by atoms with Crippen LogP contribution in [-0.2, 0) is 11.2 Å². The third-order valence-corrected chi connectivity index (χ3v) is 5.03. The number of piperidine rings is 1. The fourth-order valence-corrected chi connectivity index (χ4v) is 3.31. The average molecular weight is 413 g/mol. The second-order valence-corrected chi connectivity index (χ2v) is 7.09. The molecule has 8 heteroatoms. The van der Waals surface area contributed by atoms with E-state index in [0.29, 0.717) is 35.5 Å². The molecular weight excluding hydrogens is 387 g/mol. The fraction of sp³-hybridized carbons (Fsp3) is 0.526. The van der Waals surface area contributed by atoms with E-state index in [9.17, 15) is 4.79 Å². The number of halogens is 2. The van der Waals surface area contributed by atoms with Gasteiger partial charge in [-0.25, -0.2) is 0 Å². The van der Waals surface area contributed by atoms with E-state index < -0.39 is 0 Å². The molecule has 1 N–H and O–H groups in total. The summed E-state index contributed by atoms with van der Waals surface area (Å²) in [5.74, 6) is 1.86. The molecule has 1 aromatic carbocycles. The van der Waals surface area contributed by atoms with Gasteiger partial charge in [-0.2, -0.15) is 4.98 Å². The largest absolute Gasteiger partial charge is 0.343 e. The van der Waals surface area contributed by atoms with Crippen molar-refractivity contribution in [2.75, 3.05) is 26.2 Å². The second kappa shape index (κ2) is 10.6. The van der Waals surface area contributed by atoms with E-state index in [0.717, 1.165) is 44.6 Å². The molecule has 1 fully saturated rings.